The van der Waals surface area contributed by atoms with E-state index < -0.39 is 0 Å². The minimum atomic E-state index is 0.0958. The van der Waals surface area contributed by atoms with E-state index in [0.29, 0.717) is 11.7 Å². The first-order valence-electron chi connectivity index (χ1n) is 4.76. The van der Waals surface area contributed by atoms with Gasteiger partial charge in [-0.3, -0.25) is 0 Å². The number of hydrogen-bond acceptors (Lipinski definition) is 3. The van der Waals surface area contributed by atoms with Gasteiger partial charge in [-0.1, -0.05) is 35.6 Å². The highest BCUT2D eigenvalue weighted by Crippen LogP contribution is 2.22. The zero-order valence-electron chi connectivity index (χ0n) is 8.21. The van der Waals surface area contributed by atoms with Crippen LogP contribution in [0.15, 0.2) is 47.3 Å². The third-order valence-electron chi connectivity index (χ3n) is 2.25. The smallest absolute Gasteiger partial charge is 0.191 e. The van der Waals surface area contributed by atoms with Gasteiger partial charge in [0, 0.05) is 6.54 Å². The van der Waals surface area contributed by atoms with Crippen molar-refractivity contribution in [3.8, 4) is 0 Å². The molecule has 2 rings (SSSR count). The van der Waals surface area contributed by atoms with Crippen LogP contribution in [0.4, 0.5) is 0 Å². The number of fused-ring (bicyclic) bond motifs is 1. The standard InChI is InChI=1S/C10H12N4S/c1-2-7-11-10(15)14-9-6-4-3-5-8(9)12-13-14/h2-6,8-9H,1,7H2,(H,11,15)/t8-,9+/m0/s1. The molecule has 0 unspecified atom stereocenters. The lowest BCUT2D eigenvalue weighted by Gasteiger charge is -2.23. The average Bonchev–Trinajstić information content (AvgIpc) is 2.69. The van der Waals surface area contributed by atoms with Crippen molar-refractivity contribution in [2.24, 2.45) is 10.3 Å². The lowest BCUT2D eigenvalue weighted by atomic mass is 10.0. The summed E-state index contributed by atoms with van der Waals surface area (Å²) < 4.78 is 0. The number of nitrogens with one attached hydrogen (secondary N) is 1. The molecular formula is C10H12N4S. The Morgan fingerprint density at radius 2 is 2.33 bits per heavy atom. The van der Waals surface area contributed by atoms with E-state index in [-0.39, 0.29) is 12.1 Å². The fraction of sp³-hybridized carbons (Fsp3) is 0.300. The molecule has 0 bridgehead atoms. The van der Waals surface area contributed by atoms with E-state index in [9.17, 15) is 0 Å². The molecule has 1 N–H and O–H groups in total. The van der Waals surface area contributed by atoms with Crippen molar-refractivity contribution in [3.05, 3.63) is 37.0 Å². The molecule has 1 aliphatic carbocycles. The number of nitrogens with zero attached hydrogens (tertiary/aromatic N) is 3. The Bertz CT molecular complexity index is 358. The molecule has 4 nitrogen and oxygen atoms in total. The molecule has 1 aliphatic heterocycles. The normalized spacial score (nSPS) is 26.5. The van der Waals surface area contributed by atoms with Gasteiger partial charge < -0.3 is 5.32 Å². The fourth-order valence-electron chi connectivity index (χ4n) is 1.51. The van der Waals surface area contributed by atoms with E-state index in [1.54, 1.807) is 11.1 Å². The van der Waals surface area contributed by atoms with Gasteiger partial charge in [-0.2, -0.15) is 5.11 Å². The number of thiocarbonyl (C=S) groups is 1. The van der Waals surface area contributed by atoms with Gasteiger partial charge in [0.05, 0.1) is 0 Å². The van der Waals surface area contributed by atoms with Crippen molar-refractivity contribution < 1.29 is 0 Å². The predicted molar refractivity (Wildman–Crippen MR) is 63.3 cm³/mol. The molecule has 0 aromatic rings. The number of hydrogen-bond donors (Lipinski definition) is 1. The Morgan fingerprint density at radius 3 is 3.13 bits per heavy atom. The highest BCUT2D eigenvalue weighted by molar-refractivity contribution is 7.80. The molecule has 0 aromatic heterocycles. The lowest BCUT2D eigenvalue weighted by Crippen LogP contribution is -2.43. The molecule has 0 radical (unpaired) electrons. The predicted octanol–water partition coefficient (Wildman–Crippen LogP) is 1.59. The molecule has 78 valence electrons. The van der Waals surface area contributed by atoms with Crippen LogP contribution in [-0.2, 0) is 0 Å². The van der Waals surface area contributed by atoms with Crippen molar-refractivity contribution in [1.82, 2.24) is 10.3 Å². The van der Waals surface area contributed by atoms with E-state index >= 15 is 0 Å². The van der Waals surface area contributed by atoms with Gasteiger partial charge in [-0.25, -0.2) is 5.01 Å². The van der Waals surface area contributed by atoms with Crippen molar-refractivity contribution in [3.63, 3.8) is 0 Å². The van der Waals surface area contributed by atoms with E-state index in [1.807, 2.05) is 24.3 Å². The maximum Gasteiger partial charge on any atom is 0.191 e. The summed E-state index contributed by atoms with van der Waals surface area (Å²) in [5, 5.41) is 13.5. The summed E-state index contributed by atoms with van der Waals surface area (Å²) in [7, 11) is 0. The van der Waals surface area contributed by atoms with Crippen LogP contribution >= 0.6 is 12.2 Å². The SMILES string of the molecule is C=CCNC(=S)N1N=N[C@H]2C=CC=C[C@H]21. The Morgan fingerprint density at radius 1 is 1.53 bits per heavy atom. The Labute approximate surface area is 94.0 Å². The third kappa shape index (κ3) is 1.97. The Hall–Kier alpha value is -1.49. The molecule has 0 saturated carbocycles. The van der Waals surface area contributed by atoms with Gasteiger partial charge in [0.15, 0.2) is 5.11 Å². The van der Waals surface area contributed by atoms with Gasteiger partial charge in [-0.05, 0) is 12.2 Å². The van der Waals surface area contributed by atoms with Crippen LogP contribution in [0.1, 0.15) is 0 Å². The molecule has 0 aromatic carbocycles. The molecule has 1 heterocycles. The van der Waals surface area contributed by atoms with Gasteiger partial charge in [0.1, 0.15) is 12.1 Å². The second-order valence-corrected chi connectivity index (χ2v) is 3.66. The minimum Gasteiger partial charge on any atom is -0.358 e. The zero-order chi connectivity index (χ0) is 10.7. The second kappa shape index (κ2) is 4.35. The maximum absolute atomic E-state index is 5.20. The zero-order valence-corrected chi connectivity index (χ0v) is 9.02. The lowest BCUT2D eigenvalue weighted by molar-refractivity contribution is 0.403. The summed E-state index contributed by atoms with van der Waals surface area (Å²) in [5.41, 5.74) is 0. The van der Waals surface area contributed by atoms with Gasteiger partial charge in [-0.15, -0.1) is 6.58 Å². The first-order chi connectivity index (χ1) is 7.33. The summed E-state index contributed by atoms with van der Waals surface area (Å²) in [4.78, 5) is 0. The highest BCUT2D eigenvalue weighted by atomic mass is 32.1. The van der Waals surface area contributed by atoms with E-state index in [4.69, 9.17) is 12.2 Å². The average molecular weight is 220 g/mol. The molecular weight excluding hydrogens is 208 g/mol. The summed E-state index contributed by atoms with van der Waals surface area (Å²) in [6, 6.07) is 0.221. The van der Waals surface area contributed by atoms with Crippen LogP contribution in [0.2, 0.25) is 0 Å². The molecule has 5 heteroatoms. The van der Waals surface area contributed by atoms with E-state index in [0.717, 1.165) is 0 Å². The summed E-state index contributed by atoms with van der Waals surface area (Å²) in [5.74, 6) is 0. The Kier molecular flexibility index (Phi) is 2.91. The minimum absolute atomic E-state index is 0.0958. The maximum atomic E-state index is 5.20. The first kappa shape index (κ1) is 10.0. The topological polar surface area (TPSA) is 40.0 Å². The molecule has 0 saturated heterocycles. The van der Waals surface area contributed by atoms with E-state index in [1.165, 1.54) is 0 Å². The monoisotopic (exact) mass is 220 g/mol. The van der Waals surface area contributed by atoms with Crippen LogP contribution < -0.4 is 5.32 Å². The molecule has 0 amide bonds. The Balaban J connectivity index is 2.02. The van der Waals surface area contributed by atoms with Gasteiger partial charge in [0.25, 0.3) is 0 Å². The first-order valence-corrected chi connectivity index (χ1v) is 5.17. The quantitative estimate of drug-likeness (QED) is 0.567. The van der Waals surface area contributed by atoms with Crippen molar-refractivity contribution in [2.75, 3.05) is 6.54 Å². The highest BCUT2D eigenvalue weighted by Gasteiger charge is 2.32. The van der Waals surface area contributed by atoms with Crippen molar-refractivity contribution in [1.29, 1.82) is 0 Å². The van der Waals surface area contributed by atoms with E-state index in [2.05, 4.69) is 22.2 Å². The largest absolute Gasteiger partial charge is 0.358 e. The molecule has 0 spiro atoms. The van der Waals surface area contributed by atoms with Crippen LogP contribution in [0, 0.1) is 0 Å². The number of rotatable bonds is 2. The van der Waals surface area contributed by atoms with Crippen LogP contribution in [0.5, 0.6) is 0 Å². The second-order valence-electron chi connectivity index (χ2n) is 3.28. The summed E-state index contributed by atoms with van der Waals surface area (Å²) in [6.07, 6.45) is 9.79. The van der Waals surface area contributed by atoms with Gasteiger partial charge in [0.2, 0.25) is 0 Å². The van der Waals surface area contributed by atoms with Crippen molar-refractivity contribution in [2.45, 2.75) is 12.1 Å². The summed E-state index contributed by atoms with van der Waals surface area (Å²) >= 11 is 5.20. The molecule has 2 atom stereocenters. The third-order valence-corrected chi connectivity index (χ3v) is 2.58. The van der Waals surface area contributed by atoms with Crippen LogP contribution in [0.3, 0.4) is 0 Å². The molecule has 2 aliphatic rings. The fourth-order valence-corrected chi connectivity index (χ4v) is 1.75. The van der Waals surface area contributed by atoms with Gasteiger partial charge >= 0.3 is 0 Å². The number of allylic oxidation sites excluding steroid dienone is 2. The summed E-state index contributed by atoms with van der Waals surface area (Å²) in [6.45, 7) is 4.26. The van der Waals surface area contributed by atoms with Crippen LogP contribution in [-0.4, -0.2) is 28.7 Å². The van der Waals surface area contributed by atoms with Crippen molar-refractivity contribution >= 4 is 17.3 Å². The molecule has 0 fully saturated rings. The van der Waals surface area contributed by atoms with Crippen LogP contribution in [0.25, 0.3) is 0 Å². The molecule has 15 heavy (non-hydrogen) atoms.